The van der Waals surface area contributed by atoms with Gasteiger partial charge in [-0.1, -0.05) is 0 Å². The highest BCUT2D eigenvalue weighted by Crippen LogP contribution is 2.23. The van der Waals surface area contributed by atoms with Crippen LogP contribution < -0.4 is 5.32 Å². The van der Waals surface area contributed by atoms with Gasteiger partial charge in [-0.05, 0) is 52.9 Å². The lowest BCUT2D eigenvalue weighted by molar-refractivity contribution is 0.0683. The molecular formula is C18H20BrFN4O2. The molecule has 0 spiro atoms. The third-order valence-corrected chi connectivity index (χ3v) is 5.27. The predicted octanol–water partition coefficient (Wildman–Crippen LogP) is 2.60. The Labute approximate surface area is 159 Å². The van der Waals surface area contributed by atoms with E-state index in [1.165, 1.54) is 18.3 Å². The van der Waals surface area contributed by atoms with Gasteiger partial charge in [0.15, 0.2) is 0 Å². The van der Waals surface area contributed by atoms with Crippen LogP contribution in [0.25, 0.3) is 0 Å². The first kappa shape index (κ1) is 18.6. The summed E-state index contributed by atoms with van der Waals surface area (Å²) in [6.07, 6.45) is 4.80. The lowest BCUT2D eigenvalue weighted by Gasteiger charge is -2.32. The summed E-state index contributed by atoms with van der Waals surface area (Å²) in [7, 11) is 1.76. The molecule has 26 heavy (non-hydrogen) atoms. The zero-order valence-electron chi connectivity index (χ0n) is 14.4. The monoisotopic (exact) mass is 422 g/mol. The van der Waals surface area contributed by atoms with Gasteiger partial charge in [0, 0.05) is 37.4 Å². The third-order valence-electron chi connectivity index (χ3n) is 4.58. The number of aromatic nitrogens is 2. The highest BCUT2D eigenvalue weighted by Gasteiger charge is 2.25. The molecule has 1 aromatic carbocycles. The highest BCUT2D eigenvalue weighted by atomic mass is 79.9. The van der Waals surface area contributed by atoms with Crippen LogP contribution in [0.5, 0.6) is 0 Å². The average molecular weight is 423 g/mol. The maximum atomic E-state index is 13.4. The molecule has 2 amide bonds. The van der Waals surface area contributed by atoms with Gasteiger partial charge in [-0.15, -0.1) is 0 Å². The molecule has 0 aliphatic carbocycles. The van der Waals surface area contributed by atoms with Crippen LogP contribution in [0.3, 0.4) is 0 Å². The van der Waals surface area contributed by atoms with Crippen LogP contribution in [0.1, 0.15) is 33.6 Å². The highest BCUT2D eigenvalue weighted by molar-refractivity contribution is 9.10. The number of nitrogens with one attached hydrogen (secondary N) is 1. The maximum absolute atomic E-state index is 13.4. The Morgan fingerprint density at radius 3 is 2.73 bits per heavy atom. The van der Waals surface area contributed by atoms with E-state index in [4.69, 9.17) is 0 Å². The Morgan fingerprint density at radius 1 is 1.35 bits per heavy atom. The standard InChI is InChI=1S/C18H20BrFN4O2/c1-23-11-13(10-22-23)17(25)21-9-12-4-6-24(7-5-12)18(26)15-8-14(20)2-3-16(15)19/h2-3,8,10-12H,4-7,9H2,1H3,(H,21,25). The van der Waals surface area contributed by atoms with Crippen LogP contribution in [0, 0.1) is 11.7 Å². The predicted molar refractivity (Wildman–Crippen MR) is 98.3 cm³/mol. The fourth-order valence-electron chi connectivity index (χ4n) is 3.05. The van der Waals surface area contributed by atoms with E-state index in [9.17, 15) is 14.0 Å². The summed E-state index contributed by atoms with van der Waals surface area (Å²) in [5, 5.41) is 6.91. The van der Waals surface area contributed by atoms with E-state index in [1.54, 1.807) is 28.9 Å². The third kappa shape index (κ3) is 4.30. The molecule has 1 N–H and O–H groups in total. The zero-order valence-corrected chi connectivity index (χ0v) is 16.0. The molecule has 8 heteroatoms. The van der Waals surface area contributed by atoms with Crippen molar-refractivity contribution in [3.63, 3.8) is 0 Å². The Morgan fingerprint density at radius 2 is 2.08 bits per heavy atom. The summed E-state index contributed by atoms with van der Waals surface area (Å²) in [5.41, 5.74) is 0.879. The SMILES string of the molecule is Cn1cc(C(=O)NCC2CCN(C(=O)c3cc(F)ccc3Br)CC2)cn1. The van der Waals surface area contributed by atoms with Gasteiger partial charge in [-0.2, -0.15) is 5.10 Å². The molecule has 1 fully saturated rings. The summed E-state index contributed by atoms with van der Waals surface area (Å²) >= 11 is 3.31. The Bertz CT molecular complexity index is 815. The molecule has 0 atom stereocenters. The number of hydrogen-bond donors (Lipinski definition) is 1. The molecule has 0 saturated carbocycles. The van der Waals surface area contributed by atoms with Crippen molar-refractivity contribution in [3.8, 4) is 0 Å². The Balaban J connectivity index is 1.50. The lowest BCUT2D eigenvalue weighted by atomic mass is 9.96. The molecule has 2 heterocycles. The molecule has 0 bridgehead atoms. The van der Waals surface area contributed by atoms with Gasteiger partial charge >= 0.3 is 0 Å². The number of carbonyl (C=O) groups excluding carboxylic acids is 2. The zero-order chi connectivity index (χ0) is 18.7. The number of benzene rings is 1. The number of aryl methyl sites for hydroxylation is 1. The minimum atomic E-state index is -0.426. The summed E-state index contributed by atoms with van der Waals surface area (Å²) in [4.78, 5) is 26.4. The van der Waals surface area contributed by atoms with Gasteiger partial charge in [0.1, 0.15) is 5.82 Å². The molecule has 0 radical (unpaired) electrons. The van der Waals surface area contributed by atoms with Crippen molar-refractivity contribution in [1.82, 2.24) is 20.0 Å². The molecule has 1 saturated heterocycles. The summed E-state index contributed by atoms with van der Waals surface area (Å²) in [6, 6.07) is 4.12. The molecule has 3 rings (SSSR count). The van der Waals surface area contributed by atoms with Crippen LogP contribution in [0.15, 0.2) is 35.1 Å². The van der Waals surface area contributed by atoms with E-state index in [1.807, 2.05) is 0 Å². The van der Waals surface area contributed by atoms with Gasteiger partial charge in [0.2, 0.25) is 0 Å². The number of hydrogen-bond acceptors (Lipinski definition) is 3. The number of piperidine rings is 1. The average Bonchev–Trinajstić information content (AvgIpc) is 3.08. The van der Waals surface area contributed by atoms with Crippen LogP contribution >= 0.6 is 15.9 Å². The quantitative estimate of drug-likeness (QED) is 0.823. The van der Waals surface area contributed by atoms with Crippen molar-refractivity contribution < 1.29 is 14.0 Å². The van der Waals surface area contributed by atoms with E-state index in [0.29, 0.717) is 41.2 Å². The number of rotatable bonds is 4. The van der Waals surface area contributed by atoms with Crippen LogP contribution in [0.2, 0.25) is 0 Å². The smallest absolute Gasteiger partial charge is 0.255 e. The van der Waals surface area contributed by atoms with Crippen LogP contribution in [-0.4, -0.2) is 46.1 Å². The summed E-state index contributed by atoms with van der Waals surface area (Å²) in [5.74, 6) is -0.422. The second kappa shape index (κ2) is 7.99. The second-order valence-electron chi connectivity index (χ2n) is 6.47. The van der Waals surface area contributed by atoms with Crippen molar-refractivity contribution in [2.45, 2.75) is 12.8 Å². The number of halogens is 2. The first-order chi connectivity index (χ1) is 12.4. The van der Waals surface area contributed by atoms with Gasteiger partial charge in [-0.3, -0.25) is 14.3 Å². The molecule has 1 aliphatic heterocycles. The van der Waals surface area contributed by atoms with Crippen molar-refractivity contribution in [1.29, 1.82) is 0 Å². The number of carbonyl (C=O) groups is 2. The fourth-order valence-corrected chi connectivity index (χ4v) is 3.47. The molecular weight excluding hydrogens is 403 g/mol. The lowest BCUT2D eigenvalue weighted by Crippen LogP contribution is -2.41. The van der Waals surface area contributed by atoms with Gasteiger partial charge < -0.3 is 10.2 Å². The van der Waals surface area contributed by atoms with Crippen molar-refractivity contribution in [2.24, 2.45) is 13.0 Å². The fraction of sp³-hybridized carbons (Fsp3) is 0.389. The van der Waals surface area contributed by atoms with E-state index in [-0.39, 0.29) is 11.8 Å². The van der Waals surface area contributed by atoms with Crippen LogP contribution in [-0.2, 0) is 7.05 Å². The van der Waals surface area contributed by atoms with Gasteiger partial charge in [-0.25, -0.2) is 4.39 Å². The van der Waals surface area contributed by atoms with E-state index >= 15 is 0 Å². The van der Waals surface area contributed by atoms with Gasteiger partial charge in [0.25, 0.3) is 11.8 Å². The first-order valence-electron chi connectivity index (χ1n) is 8.45. The minimum Gasteiger partial charge on any atom is -0.352 e. The molecule has 2 aromatic rings. The van der Waals surface area contributed by atoms with E-state index < -0.39 is 5.82 Å². The molecule has 138 valence electrons. The Hall–Kier alpha value is -2.22. The summed E-state index contributed by atoms with van der Waals surface area (Å²) in [6.45, 7) is 1.75. The maximum Gasteiger partial charge on any atom is 0.255 e. The number of nitrogens with zero attached hydrogens (tertiary/aromatic N) is 3. The molecule has 1 aromatic heterocycles. The van der Waals surface area contributed by atoms with Crippen LogP contribution in [0.4, 0.5) is 4.39 Å². The van der Waals surface area contributed by atoms with Crippen molar-refractivity contribution in [3.05, 3.63) is 52.0 Å². The Kier molecular flexibility index (Phi) is 5.70. The first-order valence-corrected chi connectivity index (χ1v) is 9.24. The normalized spacial score (nSPS) is 15.1. The molecule has 6 nitrogen and oxygen atoms in total. The van der Waals surface area contributed by atoms with E-state index in [2.05, 4.69) is 26.3 Å². The topological polar surface area (TPSA) is 67.2 Å². The van der Waals surface area contributed by atoms with Crippen molar-refractivity contribution in [2.75, 3.05) is 19.6 Å². The molecule has 1 aliphatic rings. The minimum absolute atomic E-state index is 0.139. The van der Waals surface area contributed by atoms with Gasteiger partial charge in [0.05, 0.1) is 17.3 Å². The van der Waals surface area contributed by atoms with E-state index in [0.717, 1.165) is 12.8 Å². The van der Waals surface area contributed by atoms with Crippen molar-refractivity contribution >= 4 is 27.7 Å². The number of likely N-dealkylation sites (tertiary alicyclic amines) is 1. The number of amides is 2. The second-order valence-corrected chi connectivity index (χ2v) is 7.33. The summed E-state index contributed by atoms with van der Waals surface area (Å²) < 4.78 is 15.6. The molecule has 0 unspecified atom stereocenters. The largest absolute Gasteiger partial charge is 0.352 e.